The number of allylic oxidation sites excluding steroid dienone is 1. The monoisotopic (exact) mass is 308 g/mol. The zero-order valence-electron chi connectivity index (χ0n) is 14.5. The zero-order valence-corrected chi connectivity index (χ0v) is 14.5. The Hall–Kier alpha value is -0.560. The average Bonchev–Trinajstić information content (AvgIpc) is 2.56. The van der Waals surface area contributed by atoms with Gasteiger partial charge in [0.05, 0.1) is 0 Å². The van der Waals surface area contributed by atoms with Crippen LogP contribution in [0.15, 0.2) is 18.4 Å². The average molecular weight is 309 g/mol. The van der Waals surface area contributed by atoms with Crippen LogP contribution in [-0.4, -0.2) is 19.5 Å². The minimum atomic E-state index is 0.0933. The van der Waals surface area contributed by atoms with Crippen LogP contribution in [-0.2, 0) is 9.47 Å². The molecule has 1 aliphatic rings. The Balaban J connectivity index is 1.70. The van der Waals surface area contributed by atoms with E-state index < -0.39 is 0 Å². The van der Waals surface area contributed by atoms with E-state index in [1.54, 1.807) is 0 Å². The van der Waals surface area contributed by atoms with Gasteiger partial charge in [0.15, 0.2) is 6.29 Å². The second-order valence-electron chi connectivity index (χ2n) is 6.40. The van der Waals surface area contributed by atoms with Gasteiger partial charge in [-0.05, 0) is 44.6 Å². The molecular formula is C20H36O2. The highest BCUT2D eigenvalue weighted by molar-refractivity contribution is 4.74. The Morgan fingerprint density at radius 3 is 2.14 bits per heavy atom. The minimum Gasteiger partial charge on any atom is -0.353 e. The molecule has 2 heteroatoms. The highest BCUT2D eigenvalue weighted by Gasteiger charge is 2.13. The second-order valence-corrected chi connectivity index (χ2v) is 6.40. The van der Waals surface area contributed by atoms with E-state index in [4.69, 9.17) is 9.47 Å². The Morgan fingerprint density at radius 1 is 0.909 bits per heavy atom. The molecule has 0 saturated carbocycles. The van der Waals surface area contributed by atoms with Crippen LogP contribution in [0.25, 0.3) is 0 Å². The van der Waals surface area contributed by atoms with Gasteiger partial charge in [0.2, 0.25) is 0 Å². The van der Waals surface area contributed by atoms with Crippen LogP contribution in [0.3, 0.4) is 0 Å². The Morgan fingerprint density at radius 2 is 1.55 bits per heavy atom. The number of hydrogen-bond acceptors (Lipinski definition) is 2. The molecule has 1 atom stereocenters. The lowest BCUT2D eigenvalue weighted by Crippen LogP contribution is -2.22. The van der Waals surface area contributed by atoms with E-state index in [0.717, 1.165) is 26.1 Å². The van der Waals surface area contributed by atoms with Crippen LogP contribution in [0.1, 0.15) is 89.9 Å². The van der Waals surface area contributed by atoms with Gasteiger partial charge in [0, 0.05) is 13.2 Å². The van der Waals surface area contributed by atoms with Gasteiger partial charge in [-0.25, -0.2) is 0 Å². The van der Waals surface area contributed by atoms with Crippen LogP contribution in [0, 0.1) is 0 Å². The Kier molecular flexibility index (Phi) is 13.6. The first-order valence-corrected chi connectivity index (χ1v) is 9.51. The van der Waals surface area contributed by atoms with Gasteiger partial charge in [-0.1, -0.05) is 57.9 Å². The van der Waals surface area contributed by atoms with E-state index in [0.29, 0.717) is 0 Å². The SMILES string of the molecule is C=C=CCCCCCCCCCCCCOC1CCCCO1. The van der Waals surface area contributed by atoms with Crippen molar-refractivity contribution >= 4 is 0 Å². The van der Waals surface area contributed by atoms with Gasteiger partial charge < -0.3 is 9.47 Å². The number of ether oxygens (including phenoxy) is 2. The summed E-state index contributed by atoms with van der Waals surface area (Å²) < 4.78 is 11.3. The predicted molar refractivity (Wildman–Crippen MR) is 94.0 cm³/mol. The summed E-state index contributed by atoms with van der Waals surface area (Å²) in [4.78, 5) is 0. The van der Waals surface area contributed by atoms with E-state index in [1.807, 2.05) is 6.08 Å². The van der Waals surface area contributed by atoms with Crippen molar-refractivity contribution in [2.75, 3.05) is 13.2 Å². The molecule has 2 nitrogen and oxygen atoms in total. The van der Waals surface area contributed by atoms with E-state index >= 15 is 0 Å². The molecule has 0 aliphatic carbocycles. The molecular weight excluding hydrogens is 272 g/mol. The topological polar surface area (TPSA) is 18.5 Å². The molecule has 1 rings (SSSR count). The predicted octanol–water partition coefficient (Wildman–Crippen LogP) is 6.16. The maximum Gasteiger partial charge on any atom is 0.157 e. The summed E-state index contributed by atoms with van der Waals surface area (Å²) in [5.74, 6) is 0. The molecule has 1 fully saturated rings. The molecule has 1 saturated heterocycles. The third-order valence-corrected chi connectivity index (χ3v) is 4.33. The van der Waals surface area contributed by atoms with Crippen molar-refractivity contribution in [1.82, 2.24) is 0 Å². The molecule has 0 bridgehead atoms. The zero-order chi connectivity index (χ0) is 15.7. The van der Waals surface area contributed by atoms with Crippen LogP contribution in [0.2, 0.25) is 0 Å². The highest BCUT2D eigenvalue weighted by atomic mass is 16.7. The van der Waals surface area contributed by atoms with Crippen LogP contribution < -0.4 is 0 Å². The second kappa shape index (κ2) is 15.3. The summed E-state index contributed by atoms with van der Waals surface area (Å²) in [7, 11) is 0. The lowest BCUT2D eigenvalue weighted by atomic mass is 10.1. The largest absolute Gasteiger partial charge is 0.353 e. The standard InChI is InChI=1S/C20H36O2/c1-2-3-4-5-6-7-8-9-10-11-12-13-15-18-21-20-17-14-16-19-22-20/h3,20H,1,4-19H2. The molecule has 1 unspecified atom stereocenters. The molecule has 128 valence electrons. The summed E-state index contributed by atoms with van der Waals surface area (Å²) in [6.07, 6.45) is 20.3. The molecule has 0 radical (unpaired) electrons. The maximum atomic E-state index is 5.75. The normalized spacial score (nSPS) is 18.1. The molecule has 0 spiro atoms. The van der Waals surface area contributed by atoms with E-state index in [2.05, 4.69) is 12.3 Å². The fourth-order valence-electron chi connectivity index (χ4n) is 2.92. The van der Waals surface area contributed by atoms with E-state index in [9.17, 15) is 0 Å². The first kappa shape index (κ1) is 19.5. The molecule has 0 amide bonds. The molecule has 1 aliphatic heterocycles. The van der Waals surface area contributed by atoms with Gasteiger partial charge in [0.1, 0.15) is 0 Å². The quantitative estimate of drug-likeness (QED) is 0.282. The highest BCUT2D eigenvalue weighted by Crippen LogP contribution is 2.15. The number of hydrogen-bond donors (Lipinski definition) is 0. The smallest absolute Gasteiger partial charge is 0.157 e. The van der Waals surface area contributed by atoms with Crippen molar-refractivity contribution < 1.29 is 9.47 Å². The van der Waals surface area contributed by atoms with E-state index in [1.165, 1.54) is 77.0 Å². The summed E-state index contributed by atoms with van der Waals surface area (Å²) in [5.41, 5.74) is 2.84. The molecule has 0 aromatic heterocycles. The molecule has 0 aromatic carbocycles. The molecule has 22 heavy (non-hydrogen) atoms. The van der Waals surface area contributed by atoms with E-state index in [-0.39, 0.29) is 6.29 Å². The fraction of sp³-hybridized carbons (Fsp3) is 0.850. The van der Waals surface area contributed by atoms with Crippen LogP contribution >= 0.6 is 0 Å². The summed E-state index contributed by atoms with van der Waals surface area (Å²) >= 11 is 0. The third kappa shape index (κ3) is 12.0. The van der Waals surface area contributed by atoms with Gasteiger partial charge in [-0.3, -0.25) is 0 Å². The van der Waals surface area contributed by atoms with Crippen molar-refractivity contribution in [2.45, 2.75) is 96.2 Å². The Bertz CT molecular complexity index is 275. The first-order chi connectivity index (χ1) is 10.9. The van der Waals surface area contributed by atoms with Gasteiger partial charge in [0.25, 0.3) is 0 Å². The third-order valence-electron chi connectivity index (χ3n) is 4.33. The maximum absolute atomic E-state index is 5.75. The van der Waals surface area contributed by atoms with Gasteiger partial charge in [-0.2, -0.15) is 0 Å². The van der Waals surface area contributed by atoms with Crippen LogP contribution in [0.5, 0.6) is 0 Å². The Labute approximate surface area is 138 Å². The lowest BCUT2D eigenvalue weighted by Gasteiger charge is -2.22. The van der Waals surface area contributed by atoms with Crippen molar-refractivity contribution in [3.8, 4) is 0 Å². The van der Waals surface area contributed by atoms with Crippen molar-refractivity contribution in [1.29, 1.82) is 0 Å². The van der Waals surface area contributed by atoms with Crippen molar-refractivity contribution in [2.24, 2.45) is 0 Å². The summed E-state index contributed by atoms with van der Waals surface area (Å²) in [6, 6.07) is 0. The minimum absolute atomic E-state index is 0.0933. The number of rotatable bonds is 14. The molecule has 0 N–H and O–H groups in total. The lowest BCUT2D eigenvalue weighted by molar-refractivity contribution is -0.162. The van der Waals surface area contributed by atoms with Gasteiger partial charge in [-0.15, -0.1) is 5.73 Å². The van der Waals surface area contributed by atoms with Crippen molar-refractivity contribution in [3.63, 3.8) is 0 Å². The summed E-state index contributed by atoms with van der Waals surface area (Å²) in [6.45, 7) is 5.35. The molecule has 0 aromatic rings. The summed E-state index contributed by atoms with van der Waals surface area (Å²) in [5, 5.41) is 0. The number of unbranched alkanes of at least 4 members (excludes halogenated alkanes) is 10. The first-order valence-electron chi connectivity index (χ1n) is 9.51. The molecule has 1 heterocycles. The van der Waals surface area contributed by atoms with Gasteiger partial charge >= 0.3 is 0 Å². The van der Waals surface area contributed by atoms with Crippen LogP contribution in [0.4, 0.5) is 0 Å². The fourth-order valence-corrected chi connectivity index (χ4v) is 2.92. The van der Waals surface area contributed by atoms with Crippen molar-refractivity contribution in [3.05, 3.63) is 18.4 Å².